The van der Waals surface area contributed by atoms with Gasteiger partial charge < -0.3 is 14.2 Å². The molecule has 7 heteroatoms. The molecule has 0 N–H and O–H groups in total. The highest BCUT2D eigenvalue weighted by Gasteiger charge is 2.04. The van der Waals surface area contributed by atoms with Crippen LogP contribution in [0.5, 0.6) is 11.5 Å². The zero-order valence-corrected chi connectivity index (χ0v) is 15.8. The molecule has 0 amide bonds. The molecule has 0 fully saturated rings. The van der Waals surface area contributed by atoms with Crippen molar-refractivity contribution in [1.82, 2.24) is 0 Å². The molecule has 7 nitrogen and oxygen atoms in total. The minimum absolute atomic E-state index is 0.387. The molecule has 0 spiro atoms. The van der Waals surface area contributed by atoms with Crippen molar-refractivity contribution in [2.45, 2.75) is 13.8 Å². The number of rotatable bonds is 6. The number of hydrogen-bond acceptors (Lipinski definition) is 7. The van der Waals surface area contributed by atoms with Gasteiger partial charge in [-0.25, -0.2) is 9.59 Å². The molecule has 0 heterocycles. The van der Waals surface area contributed by atoms with E-state index in [0.717, 1.165) is 12.2 Å². The minimum Gasteiger partial charge on any atom is -0.427 e. The molecule has 148 valence electrons. The molecule has 0 aliphatic rings. The monoisotopic (exact) mass is 394 g/mol. The molecule has 0 saturated carbocycles. The van der Waals surface area contributed by atoms with Gasteiger partial charge in [0, 0.05) is 26.0 Å². The highest BCUT2D eigenvalue weighted by molar-refractivity contribution is 5.99. The number of ether oxygens (including phenoxy) is 3. The molecule has 0 atom stereocenters. The maximum Gasteiger partial charge on any atom is 0.338 e. The second kappa shape index (κ2) is 10.4. The molecule has 0 aliphatic heterocycles. The van der Waals surface area contributed by atoms with Gasteiger partial charge in [0.15, 0.2) is 0 Å². The molecular formula is C22H18O7. The summed E-state index contributed by atoms with van der Waals surface area (Å²) in [5, 5.41) is 0. The van der Waals surface area contributed by atoms with Crippen molar-refractivity contribution in [3.8, 4) is 11.5 Å². The molecule has 0 radical (unpaired) electrons. The largest absolute Gasteiger partial charge is 0.427 e. The fourth-order valence-corrected chi connectivity index (χ4v) is 2.12. The first-order valence-corrected chi connectivity index (χ1v) is 8.51. The molecule has 0 bridgehead atoms. The maximum absolute atomic E-state index is 11.7. The Morgan fingerprint density at radius 1 is 0.621 bits per heavy atom. The molecule has 0 aromatic heterocycles. The van der Waals surface area contributed by atoms with Crippen LogP contribution >= 0.6 is 0 Å². The van der Waals surface area contributed by atoms with Gasteiger partial charge in [0.2, 0.25) is 0 Å². The van der Waals surface area contributed by atoms with Crippen molar-refractivity contribution in [2.75, 3.05) is 0 Å². The Kier molecular flexibility index (Phi) is 7.61. The van der Waals surface area contributed by atoms with Gasteiger partial charge in [0.1, 0.15) is 11.5 Å². The lowest BCUT2D eigenvalue weighted by Gasteiger charge is -2.01. The Bertz CT molecular complexity index is 872. The lowest BCUT2D eigenvalue weighted by Crippen LogP contribution is -2.06. The summed E-state index contributed by atoms with van der Waals surface area (Å²) in [6.07, 6.45) is 5.15. The van der Waals surface area contributed by atoms with E-state index in [1.54, 1.807) is 48.5 Å². The third-order valence-electron chi connectivity index (χ3n) is 3.31. The zero-order valence-electron chi connectivity index (χ0n) is 15.8. The van der Waals surface area contributed by atoms with Crippen molar-refractivity contribution >= 4 is 36.0 Å². The summed E-state index contributed by atoms with van der Waals surface area (Å²) in [5.41, 5.74) is 1.32. The maximum atomic E-state index is 11.7. The summed E-state index contributed by atoms with van der Waals surface area (Å²) < 4.78 is 14.5. The van der Waals surface area contributed by atoms with Crippen molar-refractivity contribution in [3.63, 3.8) is 0 Å². The van der Waals surface area contributed by atoms with Gasteiger partial charge >= 0.3 is 23.9 Å². The normalized spacial score (nSPS) is 10.7. The molecule has 2 rings (SSSR count). The first-order chi connectivity index (χ1) is 13.8. The van der Waals surface area contributed by atoms with Crippen LogP contribution in [-0.4, -0.2) is 23.9 Å². The van der Waals surface area contributed by atoms with Gasteiger partial charge in [-0.05, 0) is 47.5 Å². The van der Waals surface area contributed by atoms with Crippen LogP contribution in [0.25, 0.3) is 12.2 Å². The van der Waals surface area contributed by atoms with E-state index in [1.165, 1.54) is 26.0 Å². The molecule has 2 aromatic carbocycles. The van der Waals surface area contributed by atoms with Gasteiger partial charge in [0.25, 0.3) is 0 Å². The van der Waals surface area contributed by atoms with E-state index in [0.29, 0.717) is 22.6 Å². The SMILES string of the molecule is CC(=O)Oc1ccc(C=CC(=O)OC(=O)C=Cc2ccc(OC(C)=O)cc2)cc1. The van der Waals surface area contributed by atoms with E-state index in [2.05, 4.69) is 4.74 Å². The zero-order chi connectivity index (χ0) is 21.2. The number of esters is 4. The van der Waals surface area contributed by atoms with Gasteiger partial charge in [0.05, 0.1) is 0 Å². The lowest BCUT2D eigenvalue weighted by atomic mass is 10.2. The topological polar surface area (TPSA) is 96.0 Å². The van der Waals surface area contributed by atoms with Crippen LogP contribution in [0, 0.1) is 0 Å². The summed E-state index contributed by atoms with van der Waals surface area (Å²) in [7, 11) is 0. The van der Waals surface area contributed by atoms with E-state index in [1.807, 2.05) is 0 Å². The molecular weight excluding hydrogens is 376 g/mol. The van der Waals surface area contributed by atoms with Crippen LogP contribution in [0.4, 0.5) is 0 Å². The lowest BCUT2D eigenvalue weighted by molar-refractivity contribution is -0.152. The predicted molar refractivity (Wildman–Crippen MR) is 105 cm³/mol. The second-order valence-electron chi connectivity index (χ2n) is 5.73. The Morgan fingerprint density at radius 2 is 0.966 bits per heavy atom. The molecule has 0 aliphatic carbocycles. The van der Waals surface area contributed by atoms with Crippen molar-refractivity contribution in [1.29, 1.82) is 0 Å². The van der Waals surface area contributed by atoms with Crippen LogP contribution in [0.3, 0.4) is 0 Å². The van der Waals surface area contributed by atoms with E-state index in [-0.39, 0.29) is 0 Å². The molecule has 2 aromatic rings. The van der Waals surface area contributed by atoms with Gasteiger partial charge in [-0.3, -0.25) is 9.59 Å². The van der Waals surface area contributed by atoms with Crippen molar-refractivity contribution < 1.29 is 33.4 Å². The van der Waals surface area contributed by atoms with Crippen LogP contribution < -0.4 is 9.47 Å². The summed E-state index contributed by atoms with van der Waals surface area (Å²) >= 11 is 0. The standard InChI is InChI=1S/C22H18O7/c1-15(23)27-19-9-3-17(4-10-19)7-13-21(25)29-22(26)14-8-18-5-11-20(12-6-18)28-16(2)24/h3-14H,1-2H3. The number of benzene rings is 2. The van der Waals surface area contributed by atoms with E-state index in [9.17, 15) is 19.2 Å². The van der Waals surface area contributed by atoms with E-state index < -0.39 is 23.9 Å². The first-order valence-electron chi connectivity index (χ1n) is 8.51. The Hall–Kier alpha value is -4.00. The smallest absolute Gasteiger partial charge is 0.338 e. The summed E-state index contributed by atoms with van der Waals surface area (Å²) in [5.74, 6) is -1.73. The third kappa shape index (κ3) is 8.04. The highest BCUT2D eigenvalue weighted by atomic mass is 16.6. The Labute approximate surface area is 167 Å². The number of carbonyl (C=O) groups excluding carboxylic acids is 4. The van der Waals surface area contributed by atoms with Crippen LogP contribution in [0.2, 0.25) is 0 Å². The molecule has 0 unspecified atom stereocenters. The summed E-state index contributed by atoms with van der Waals surface area (Å²) in [6.45, 7) is 2.60. The fraction of sp³-hybridized carbons (Fsp3) is 0.0909. The van der Waals surface area contributed by atoms with Crippen molar-refractivity contribution in [3.05, 3.63) is 71.8 Å². The Morgan fingerprint density at radius 3 is 1.28 bits per heavy atom. The third-order valence-corrected chi connectivity index (χ3v) is 3.31. The van der Waals surface area contributed by atoms with Crippen LogP contribution in [0.15, 0.2) is 60.7 Å². The molecule has 0 saturated heterocycles. The summed E-state index contributed by atoms with van der Waals surface area (Å²) in [6, 6.07) is 12.9. The molecule has 29 heavy (non-hydrogen) atoms. The fourth-order valence-electron chi connectivity index (χ4n) is 2.12. The van der Waals surface area contributed by atoms with Crippen molar-refractivity contribution in [2.24, 2.45) is 0 Å². The number of carbonyl (C=O) groups is 4. The average Bonchev–Trinajstić information content (AvgIpc) is 2.66. The minimum atomic E-state index is -0.825. The predicted octanol–water partition coefficient (Wildman–Crippen LogP) is 3.33. The first kappa shape index (κ1) is 21.3. The van der Waals surface area contributed by atoms with Crippen LogP contribution in [-0.2, 0) is 23.9 Å². The van der Waals surface area contributed by atoms with Gasteiger partial charge in [-0.1, -0.05) is 24.3 Å². The average molecular weight is 394 g/mol. The van der Waals surface area contributed by atoms with Gasteiger partial charge in [-0.15, -0.1) is 0 Å². The second-order valence-corrected chi connectivity index (χ2v) is 5.73. The summed E-state index contributed by atoms with van der Waals surface area (Å²) in [4.78, 5) is 45.2. The highest BCUT2D eigenvalue weighted by Crippen LogP contribution is 2.14. The van der Waals surface area contributed by atoms with E-state index >= 15 is 0 Å². The number of hydrogen-bond donors (Lipinski definition) is 0. The quantitative estimate of drug-likeness (QED) is 0.321. The Balaban J connectivity index is 1.85. The van der Waals surface area contributed by atoms with E-state index in [4.69, 9.17) is 9.47 Å². The van der Waals surface area contributed by atoms with Gasteiger partial charge in [-0.2, -0.15) is 0 Å². The van der Waals surface area contributed by atoms with Crippen LogP contribution in [0.1, 0.15) is 25.0 Å².